The van der Waals surface area contributed by atoms with E-state index in [0.29, 0.717) is 25.9 Å². The Morgan fingerprint density at radius 2 is 1.53 bits per heavy atom. The minimum atomic E-state index is -1.25. The molecule has 6 N–H and O–H groups in total. The molecule has 0 aliphatic rings. The highest BCUT2D eigenvalue weighted by molar-refractivity contribution is 8.00. The molecular formula is C21H36N4O8S. The number of nitrogens with one attached hydrogen (secondary N) is 4. The Morgan fingerprint density at radius 1 is 0.853 bits per heavy atom. The summed E-state index contributed by atoms with van der Waals surface area (Å²) in [5.41, 5.74) is 0. The van der Waals surface area contributed by atoms with E-state index in [4.69, 9.17) is 10.2 Å². The Morgan fingerprint density at radius 3 is 2.12 bits per heavy atom. The predicted octanol–water partition coefficient (Wildman–Crippen LogP) is -0.425. The number of thioether (sulfide) groups is 1. The van der Waals surface area contributed by atoms with Crippen molar-refractivity contribution >= 4 is 47.3 Å². The molecule has 0 radical (unpaired) electrons. The molecular weight excluding hydrogens is 468 g/mol. The highest BCUT2D eigenvalue weighted by Crippen LogP contribution is 2.08. The summed E-state index contributed by atoms with van der Waals surface area (Å²) >= 11 is 1.09. The van der Waals surface area contributed by atoms with Crippen LogP contribution in [0.1, 0.15) is 46.5 Å². The van der Waals surface area contributed by atoms with Crippen molar-refractivity contribution in [2.45, 2.75) is 52.5 Å². The van der Waals surface area contributed by atoms with Crippen molar-refractivity contribution < 1.29 is 39.0 Å². The lowest BCUT2D eigenvalue weighted by molar-refractivity contribution is -0.141. The predicted molar refractivity (Wildman–Crippen MR) is 126 cm³/mol. The van der Waals surface area contributed by atoms with Crippen molar-refractivity contribution in [3.05, 3.63) is 0 Å². The van der Waals surface area contributed by atoms with E-state index in [-0.39, 0.29) is 42.1 Å². The summed E-state index contributed by atoms with van der Waals surface area (Å²) in [6.45, 7) is 5.45. The molecule has 0 heterocycles. The average Bonchev–Trinajstić information content (AvgIpc) is 2.77. The van der Waals surface area contributed by atoms with Gasteiger partial charge in [-0.3, -0.25) is 28.8 Å². The molecule has 34 heavy (non-hydrogen) atoms. The monoisotopic (exact) mass is 504 g/mol. The number of amides is 4. The van der Waals surface area contributed by atoms with Gasteiger partial charge in [0, 0.05) is 31.2 Å². The second-order valence-electron chi connectivity index (χ2n) is 7.81. The van der Waals surface area contributed by atoms with E-state index in [1.807, 2.05) is 13.8 Å². The molecule has 0 spiro atoms. The molecule has 12 nitrogen and oxygen atoms in total. The summed E-state index contributed by atoms with van der Waals surface area (Å²) in [7, 11) is 0. The number of carbonyl (C=O) groups excluding carboxylic acids is 4. The van der Waals surface area contributed by atoms with Crippen molar-refractivity contribution in [2.75, 3.05) is 31.1 Å². The molecule has 4 amide bonds. The van der Waals surface area contributed by atoms with Crippen molar-refractivity contribution in [1.82, 2.24) is 21.3 Å². The Kier molecular flexibility index (Phi) is 16.2. The lowest BCUT2D eigenvalue weighted by Crippen LogP contribution is -2.49. The van der Waals surface area contributed by atoms with Crippen LogP contribution in [-0.2, 0) is 28.8 Å². The molecule has 0 aromatic rings. The van der Waals surface area contributed by atoms with E-state index < -0.39 is 42.3 Å². The summed E-state index contributed by atoms with van der Waals surface area (Å²) in [5.74, 6) is -4.70. The number of carbonyl (C=O) groups is 6. The summed E-state index contributed by atoms with van der Waals surface area (Å²) in [6.07, 6.45) is 1.21. The van der Waals surface area contributed by atoms with Crippen LogP contribution >= 0.6 is 11.8 Å². The van der Waals surface area contributed by atoms with Crippen LogP contribution in [0.2, 0.25) is 0 Å². The Labute approximate surface area is 203 Å². The maximum atomic E-state index is 12.3. The second-order valence-corrected chi connectivity index (χ2v) is 8.84. The third kappa shape index (κ3) is 15.1. The minimum absolute atomic E-state index is 0.0144. The molecule has 0 aliphatic heterocycles. The number of hydrogen-bond acceptors (Lipinski definition) is 7. The van der Waals surface area contributed by atoms with Gasteiger partial charge in [-0.05, 0) is 26.2 Å². The summed E-state index contributed by atoms with van der Waals surface area (Å²) in [6, 6.07) is -1.08. The topological polar surface area (TPSA) is 191 Å². The average molecular weight is 505 g/mol. The van der Waals surface area contributed by atoms with Gasteiger partial charge in [-0.25, -0.2) is 0 Å². The lowest BCUT2D eigenvalue weighted by Gasteiger charge is -2.18. The molecule has 3 atom stereocenters. The van der Waals surface area contributed by atoms with Gasteiger partial charge in [0.2, 0.25) is 23.6 Å². The van der Waals surface area contributed by atoms with Crippen LogP contribution in [0.5, 0.6) is 0 Å². The van der Waals surface area contributed by atoms with Gasteiger partial charge >= 0.3 is 11.9 Å². The number of carboxylic acids is 2. The van der Waals surface area contributed by atoms with Crippen LogP contribution in [-0.4, -0.2) is 83.0 Å². The van der Waals surface area contributed by atoms with Gasteiger partial charge in [0.15, 0.2) is 0 Å². The molecule has 0 unspecified atom stereocenters. The zero-order chi connectivity index (χ0) is 26.1. The summed E-state index contributed by atoms with van der Waals surface area (Å²) < 4.78 is 0. The number of aliphatic carboxylic acids is 2. The van der Waals surface area contributed by atoms with Crippen LogP contribution < -0.4 is 21.3 Å². The van der Waals surface area contributed by atoms with Gasteiger partial charge in [-0.2, -0.15) is 0 Å². The maximum Gasteiger partial charge on any atom is 0.322 e. The van der Waals surface area contributed by atoms with Crippen molar-refractivity contribution in [2.24, 2.45) is 11.8 Å². The number of hydrogen-bond donors (Lipinski definition) is 6. The first-order chi connectivity index (χ1) is 16.0. The van der Waals surface area contributed by atoms with Crippen molar-refractivity contribution in [3.63, 3.8) is 0 Å². The van der Waals surface area contributed by atoms with Gasteiger partial charge in [-0.1, -0.05) is 13.8 Å². The highest BCUT2D eigenvalue weighted by atomic mass is 32.2. The summed E-state index contributed by atoms with van der Waals surface area (Å²) in [4.78, 5) is 69.6. The minimum Gasteiger partial charge on any atom is -0.481 e. The molecule has 0 saturated carbocycles. The Balaban J connectivity index is 4.51. The molecule has 0 aromatic heterocycles. The zero-order valence-corrected chi connectivity index (χ0v) is 20.7. The Hall–Kier alpha value is -2.83. The normalized spacial score (nSPS) is 13.1. The van der Waals surface area contributed by atoms with E-state index in [0.717, 1.165) is 11.8 Å². The fourth-order valence-electron chi connectivity index (χ4n) is 2.64. The molecule has 194 valence electrons. The van der Waals surface area contributed by atoms with Gasteiger partial charge in [-0.15, -0.1) is 11.8 Å². The molecule has 0 fully saturated rings. The second kappa shape index (κ2) is 17.6. The molecule has 0 aliphatic carbocycles. The fourth-order valence-corrected chi connectivity index (χ4v) is 3.52. The van der Waals surface area contributed by atoms with E-state index >= 15 is 0 Å². The van der Waals surface area contributed by atoms with Gasteiger partial charge in [0.05, 0.1) is 11.7 Å². The van der Waals surface area contributed by atoms with Gasteiger partial charge in [0.25, 0.3) is 0 Å². The van der Waals surface area contributed by atoms with Crippen LogP contribution in [0.3, 0.4) is 0 Å². The molecule has 0 rings (SSSR count). The van der Waals surface area contributed by atoms with Crippen molar-refractivity contribution in [1.29, 1.82) is 0 Å². The van der Waals surface area contributed by atoms with Crippen LogP contribution in [0.15, 0.2) is 0 Å². The standard InChI is InChI=1S/C21H36N4O8S/c1-4-22-19(30)13(2)6-5-9-23-17(27)12-34-11-15(20(31)24-10-18(28)29)25-16(26)8-7-14(3)21(32)33/h13-15H,4-12H2,1-3H3,(H,22,30)(H,23,27)(H,24,31)(H,25,26)(H,28,29)(H,32,33)/t13-,14-,15-/m0/s1. The zero-order valence-electron chi connectivity index (χ0n) is 19.8. The van der Waals surface area contributed by atoms with Gasteiger partial charge < -0.3 is 31.5 Å². The molecule has 0 aromatic carbocycles. The molecule has 13 heteroatoms. The van der Waals surface area contributed by atoms with Crippen LogP contribution in [0, 0.1) is 11.8 Å². The quantitative estimate of drug-likeness (QED) is 0.134. The maximum absolute atomic E-state index is 12.3. The van der Waals surface area contributed by atoms with Crippen LogP contribution in [0.4, 0.5) is 0 Å². The number of rotatable bonds is 18. The molecule has 0 bridgehead atoms. The van der Waals surface area contributed by atoms with Gasteiger partial charge in [0.1, 0.15) is 12.6 Å². The first-order valence-electron chi connectivity index (χ1n) is 11.1. The first-order valence-corrected chi connectivity index (χ1v) is 12.3. The molecule has 0 saturated heterocycles. The third-order valence-electron chi connectivity index (χ3n) is 4.74. The van der Waals surface area contributed by atoms with E-state index in [9.17, 15) is 28.8 Å². The van der Waals surface area contributed by atoms with Crippen LogP contribution in [0.25, 0.3) is 0 Å². The first kappa shape index (κ1) is 31.2. The Bertz CT molecular complexity index is 719. The van der Waals surface area contributed by atoms with E-state index in [1.54, 1.807) is 0 Å². The largest absolute Gasteiger partial charge is 0.481 e. The fraction of sp³-hybridized carbons (Fsp3) is 0.714. The number of carboxylic acid groups (broad SMARTS) is 2. The SMILES string of the molecule is CCNC(=O)[C@@H](C)CCCNC(=O)CSC[C@H](NC(=O)CC[C@H](C)C(=O)O)C(=O)NCC(=O)O. The van der Waals surface area contributed by atoms with Crippen molar-refractivity contribution in [3.8, 4) is 0 Å². The van der Waals surface area contributed by atoms with E-state index in [2.05, 4.69) is 21.3 Å². The highest BCUT2D eigenvalue weighted by Gasteiger charge is 2.22. The summed E-state index contributed by atoms with van der Waals surface area (Å²) in [5, 5.41) is 27.7. The van der Waals surface area contributed by atoms with E-state index in [1.165, 1.54) is 6.92 Å². The smallest absolute Gasteiger partial charge is 0.322 e. The third-order valence-corrected chi connectivity index (χ3v) is 5.78. The lowest BCUT2D eigenvalue weighted by atomic mass is 10.0.